The van der Waals surface area contributed by atoms with Crippen LogP contribution in [0.4, 0.5) is 0 Å². The lowest BCUT2D eigenvalue weighted by molar-refractivity contribution is 0.287. The molecule has 0 saturated heterocycles. The van der Waals surface area contributed by atoms with Crippen molar-refractivity contribution in [1.29, 1.82) is 0 Å². The number of ether oxygens (including phenoxy) is 2. The standard InChI is InChI=1S/C16H26ClNO2/c1-4-7-8-9-18-12-13-10-15(19-5-2)16(20-6-3)11-14(13)17/h10-11,18H,4-9,12H2,1-3H3. The number of hydrogen-bond donors (Lipinski definition) is 1. The average Bonchev–Trinajstić information content (AvgIpc) is 2.43. The Morgan fingerprint density at radius 1 is 1.00 bits per heavy atom. The topological polar surface area (TPSA) is 30.5 Å². The molecule has 0 amide bonds. The van der Waals surface area contributed by atoms with E-state index in [0.29, 0.717) is 19.0 Å². The van der Waals surface area contributed by atoms with Crippen LogP contribution >= 0.6 is 11.6 Å². The van der Waals surface area contributed by atoms with Gasteiger partial charge in [0.25, 0.3) is 0 Å². The third-order valence-electron chi connectivity index (χ3n) is 2.98. The third-order valence-corrected chi connectivity index (χ3v) is 3.34. The summed E-state index contributed by atoms with van der Waals surface area (Å²) in [6.07, 6.45) is 3.69. The lowest BCUT2D eigenvalue weighted by Gasteiger charge is -2.14. The van der Waals surface area contributed by atoms with Crippen molar-refractivity contribution in [2.75, 3.05) is 19.8 Å². The van der Waals surface area contributed by atoms with Crippen molar-refractivity contribution in [1.82, 2.24) is 5.32 Å². The maximum Gasteiger partial charge on any atom is 0.162 e. The molecule has 3 nitrogen and oxygen atoms in total. The first-order valence-corrected chi connectivity index (χ1v) is 7.89. The summed E-state index contributed by atoms with van der Waals surface area (Å²) in [4.78, 5) is 0. The molecule has 1 aromatic carbocycles. The summed E-state index contributed by atoms with van der Waals surface area (Å²) in [5.74, 6) is 1.48. The third kappa shape index (κ3) is 5.59. The fourth-order valence-corrected chi connectivity index (χ4v) is 2.19. The highest BCUT2D eigenvalue weighted by Gasteiger charge is 2.10. The molecule has 0 unspecified atom stereocenters. The van der Waals surface area contributed by atoms with Crippen LogP contribution in [0, 0.1) is 0 Å². The van der Waals surface area contributed by atoms with E-state index < -0.39 is 0 Å². The second kappa shape index (κ2) is 9.89. The van der Waals surface area contributed by atoms with E-state index in [9.17, 15) is 0 Å². The van der Waals surface area contributed by atoms with Crippen LogP contribution in [0.3, 0.4) is 0 Å². The van der Waals surface area contributed by atoms with Crippen LogP contribution in [-0.4, -0.2) is 19.8 Å². The number of benzene rings is 1. The number of nitrogens with one attached hydrogen (secondary N) is 1. The van der Waals surface area contributed by atoms with Crippen LogP contribution in [0.5, 0.6) is 11.5 Å². The van der Waals surface area contributed by atoms with Gasteiger partial charge in [-0.05, 0) is 38.4 Å². The Bertz CT molecular complexity index is 396. The van der Waals surface area contributed by atoms with E-state index in [1.165, 1.54) is 19.3 Å². The maximum absolute atomic E-state index is 6.30. The zero-order valence-corrected chi connectivity index (χ0v) is 13.6. The van der Waals surface area contributed by atoms with Crippen LogP contribution in [0.25, 0.3) is 0 Å². The molecule has 0 aliphatic carbocycles. The molecule has 0 aliphatic heterocycles. The molecule has 114 valence electrons. The SMILES string of the molecule is CCCCCNCc1cc(OCC)c(OCC)cc1Cl. The van der Waals surface area contributed by atoms with E-state index in [1.807, 2.05) is 26.0 Å². The van der Waals surface area contributed by atoms with Crippen LogP contribution < -0.4 is 14.8 Å². The number of rotatable bonds is 10. The Morgan fingerprint density at radius 3 is 2.25 bits per heavy atom. The Kier molecular flexibility index (Phi) is 8.47. The average molecular weight is 300 g/mol. The van der Waals surface area contributed by atoms with E-state index in [0.717, 1.165) is 29.4 Å². The summed E-state index contributed by atoms with van der Waals surface area (Å²) >= 11 is 6.30. The summed E-state index contributed by atoms with van der Waals surface area (Å²) in [6.45, 7) is 9.12. The second-order valence-corrected chi connectivity index (χ2v) is 5.05. The molecular weight excluding hydrogens is 274 g/mol. The Labute approximate surface area is 127 Å². The van der Waals surface area contributed by atoms with E-state index in [-0.39, 0.29) is 0 Å². The molecular formula is C16H26ClNO2. The van der Waals surface area contributed by atoms with E-state index in [2.05, 4.69) is 12.2 Å². The second-order valence-electron chi connectivity index (χ2n) is 4.64. The molecule has 1 N–H and O–H groups in total. The fourth-order valence-electron chi connectivity index (χ4n) is 1.97. The van der Waals surface area contributed by atoms with Gasteiger partial charge in [-0.15, -0.1) is 0 Å². The molecule has 0 heterocycles. The molecule has 20 heavy (non-hydrogen) atoms. The van der Waals surface area contributed by atoms with Crippen molar-refractivity contribution in [3.63, 3.8) is 0 Å². The molecule has 0 radical (unpaired) electrons. The van der Waals surface area contributed by atoms with Gasteiger partial charge in [-0.3, -0.25) is 0 Å². The Hall–Kier alpha value is -0.930. The van der Waals surface area contributed by atoms with Crippen molar-refractivity contribution in [2.45, 2.75) is 46.6 Å². The summed E-state index contributed by atoms with van der Waals surface area (Å²) in [5, 5.41) is 4.14. The molecule has 1 aromatic rings. The summed E-state index contributed by atoms with van der Waals surface area (Å²) in [7, 11) is 0. The van der Waals surface area contributed by atoms with Crippen LogP contribution in [0.1, 0.15) is 45.6 Å². The maximum atomic E-state index is 6.30. The van der Waals surface area contributed by atoms with Crippen molar-refractivity contribution in [3.8, 4) is 11.5 Å². The van der Waals surface area contributed by atoms with Crippen molar-refractivity contribution in [3.05, 3.63) is 22.7 Å². The van der Waals surface area contributed by atoms with Gasteiger partial charge in [0, 0.05) is 17.6 Å². The van der Waals surface area contributed by atoms with E-state index in [1.54, 1.807) is 0 Å². The van der Waals surface area contributed by atoms with E-state index >= 15 is 0 Å². The van der Waals surface area contributed by atoms with Crippen LogP contribution in [-0.2, 0) is 6.54 Å². The highest BCUT2D eigenvalue weighted by atomic mass is 35.5. The van der Waals surface area contributed by atoms with Crippen LogP contribution in [0.15, 0.2) is 12.1 Å². The predicted molar refractivity (Wildman–Crippen MR) is 85.0 cm³/mol. The minimum atomic E-state index is 0.602. The first-order valence-electron chi connectivity index (χ1n) is 7.51. The summed E-state index contributed by atoms with van der Waals surface area (Å²) in [5.41, 5.74) is 1.05. The molecule has 0 atom stereocenters. The number of hydrogen-bond acceptors (Lipinski definition) is 3. The Balaban J connectivity index is 2.67. The van der Waals surface area contributed by atoms with E-state index in [4.69, 9.17) is 21.1 Å². The van der Waals surface area contributed by atoms with Gasteiger partial charge in [-0.1, -0.05) is 31.4 Å². The van der Waals surface area contributed by atoms with Gasteiger partial charge in [0.05, 0.1) is 13.2 Å². The monoisotopic (exact) mass is 299 g/mol. The summed E-state index contributed by atoms with van der Waals surface area (Å²) < 4.78 is 11.2. The van der Waals surface area contributed by atoms with Gasteiger partial charge in [0.15, 0.2) is 11.5 Å². The molecule has 0 spiro atoms. The lowest BCUT2D eigenvalue weighted by atomic mass is 10.2. The highest BCUT2D eigenvalue weighted by Crippen LogP contribution is 2.33. The van der Waals surface area contributed by atoms with Gasteiger partial charge < -0.3 is 14.8 Å². The summed E-state index contributed by atoms with van der Waals surface area (Å²) in [6, 6.07) is 3.82. The van der Waals surface area contributed by atoms with Gasteiger partial charge in [-0.25, -0.2) is 0 Å². The quantitative estimate of drug-likeness (QED) is 0.649. The smallest absolute Gasteiger partial charge is 0.162 e. The normalized spacial score (nSPS) is 10.6. The molecule has 0 saturated carbocycles. The zero-order chi connectivity index (χ0) is 14.8. The lowest BCUT2D eigenvalue weighted by Crippen LogP contribution is -2.15. The molecule has 0 aliphatic rings. The minimum absolute atomic E-state index is 0.602. The van der Waals surface area contributed by atoms with Crippen molar-refractivity contribution in [2.24, 2.45) is 0 Å². The molecule has 0 aromatic heterocycles. The van der Waals surface area contributed by atoms with Crippen molar-refractivity contribution < 1.29 is 9.47 Å². The van der Waals surface area contributed by atoms with Gasteiger partial charge in [0.1, 0.15) is 0 Å². The molecule has 4 heteroatoms. The first kappa shape index (κ1) is 17.1. The molecule has 1 rings (SSSR count). The predicted octanol–water partition coefficient (Wildman–Crippen LogP) is 4.42. The molecule has 0 bridgehead atoms. The van der Waals surface area contributed by atoms with Gasteiger partial charge >= 0.3 is 0 Å². The number of unbranched alkanes of at least 4 members (excludes halogenated alkanes) is 2. The zero-order valence-electron chi connectivity index (χ0n) is 12.8. The Morgan fingerprint density at radius 2 is 1.65 bits per heavy atom. The first-order chi connectivity index (χ1) is 9.72. The largest absolute Gasteiger partial charge is 0.490 e. The minimum Gasteiger partial charge on any atom is -0.490 e. The molecule has 0 fully saturated rings. The van der Waals surface area contributed by atoms with Crippen LogP contribution in [0.2, 0.25) is 5.02 Å². The number of halogens is 1. The fraction of sp³-hybridized carbons (Fsp3) is 0.625. The van der Waals surface area contributed by atoms with Gasteiger partial charge in [0.2, 0.25) is 0 Å². The highest BCUT2D eigenvalue weighted by molar-refractivity contribution is 6.31. The van der Waals surface area contributed by atoms with Gasteiger partial charge in [-0.2, -0.15) is 0 Å². The van der Waals surface area contributed by atoms with Crippen molar-refractivity contribution >= 4 is 11.6 Å².